The molecular formula is C25H30FN3O4S. The fraction of sp³-hybridized carbons (Fsp3) is 0.560. The second-order valence-corrected chi connectivity index (χ2v) is 10.2. The number of halogens is 1. The zero-order valence-electron chi connectivity index (χ0n) is 19.2. The van der Waals surface area contributed by atoms with Gasteiger partial charge in [0.25, 0.3) is 5.91 Å². The molecule has 3 saturated heterocycles. The molecule has 9 heteroatoms. The standard InChI is InChI=1S/C25H30FN3O4S/c26-20-4-2-18(3-5-20)16-22(30)28-10-6-19(7-11-28)23-27-21(17-34-23)24(31)29-12-8-25(9-13-29)32-14-1-15-33-25/h2-5,17,19H,1,6-16H2. The number of nitrogens with zero attached hydrogens (tertiary/aromatic N) is 3. The Balaban J connectivity index is 1.12. The molecule has 7 nitrogen and oxygen atoms in total. The van der Waals surface area contributed by atoms with Gasteiger partial charge >= 0.3 is 0 Å². The Bertz CT molecular complexity index is 1000. The van der Waals surface area contributed by atoms with Gasteiger partial charge in [-0.05, 0) is 37.0 Å². The number of hydrogen-bond donors (Lipinski definition) is 0. The number of ether oxygens (including phenoxy) is 2. The van der Waals surface area contributed by atoms with Crippen molar-refractivity contribution in [2.75, 3.05) is 39.4 Å². The summed E-state index contributed by atoms with van der Waals surface area (Å²) >= 11 is 1.54. The molecule has 0 saturated carbocycles. The number of thiazole rings is 1. The third kappa shape index (κ3) is 5.16. The maximum Gasteiger partial charge on any atom is 0.273 e. The fourth-order valence-electron chi connectivity index (χ4n) is 4.96. The summed E-state index contributed by atoms with van der Waals surface area (Å²) in [6.45, 7) is 4.00. The Morgan fingerprint density at radius 2 is 1.71 bits per heavy atom. The van der Waals surface area contributed by atoms with E-state index in [2.05, 4.69) is 4.98 Å². The molecule has 3 fully saturated rings. The lowest BCUT2D eigenvalue weighted by atomic mass is 9.97. The van der Waals surface area contributed by atoms with Gasteiger partial charge in [-0.3, -0.25) is 9.59 Å². The van der Waals surface area contributed by atoms with Crippen molar-refractivity contribution in [2.45, 2.75) is 50.2 Å². The van der Waals surface area contributed by atoms with Crippen molar-refractivity contribution in [3.05, 3.63) is 51.7 Å². The van der Waals surface area contributed by atoms with Crippen LogP contribution in [0.15, 0.2) is 29.6 Å². The van der Waals surface area contributed by atoms with Gasteiger partial charge in [0.05, 0.1) is 24.6 Å². The smallest absolute Gasteiger partial charge is 0.273 e. The fourth-order valence-corrected chi connectivity index (χ4v) is 5.92. The molecule has 1 aromatic heterocycles. The second kappa shape index (κ2) is 10.1. The van der Waals surface area contributed by atoms with E-state index in [0.29, 0.717) is 44.7 Å². The second-order valence-electron chi connectivity index (χ2n) is 9.28. The number of benzene rings is 1. The van der Waals surface area contributed by atoms with Crippen molar-refractivity contribution in [1.82, 2.24) is 14.8 Å². The van der Waals surface area contributed by atoms with E-state index in [1.54, 1.807) is 12.1 Å². The van der Waals surface area contributed by atoms with Crippen LogP contribution in [0.4, 0.5) is 4.39 Å². The molecule has 1 aromatic carbocycles. The van der Waals surface area contributed by atoms with Crippen molar-refractivity contribution in [3.63, 3.8) is 0 Å². The van der Waals surface area contributed by atoms with Gasteiger partial charge in [-0.25, -0.2) is 9.37 Å². The summed E-state index contributed by atoms with van der Waals surface area (Å²) in [6.07, 6.45) is 4.26. The predicted octanol–water partition coefficient (Wildman–Crippen LogP) is 3.60. The maximum absolute atomic E-state index is 13.1. The summed E-state index contributed by atoms with van der Waals surface area (Å²) in [4.78, 5) is 34.1. The van der Waals surface area contributed by atoms with E-state index in [4.69, 9.17) is 9.47 Å². The Morgan fingerprint density at radius 1 is 1.03 bits per heavy atom. The molecule has 3 aliphatic rings. The van der Waals surface area contributed by atoms with Gasteiger partial charge in [0, 0.05) is 50.3 Å². The quantitative estimate of drug-likeness (QED) is 0.659. The van der Waals surface area contributed by atoms with Crippen LogP contribution in [0.5, 0.6) is 0 Å². The highest BCUT2D eigenvalue weighted by Gasteiger charge is 2.40. The summed E-state index contributed by atoms with van der Waals surface area (Å²) < 4.78 is 24.8. The van der Waals surface area contributed by atoms with Crippen molar-refractivity contribution in [2.24, 2.45) is 0 Å². The Hall–Kier alpha value is -2.36. The van der Waals surface area contributed by atoms with E-state index in [0.717, 1.165) is 43.0 Å². The Morgan fingerprint density at radius 3 is 2.38 bits per heavy atom. The van der Waals surface area contributed by atoms with Crippen molar-refractivity contribution in [1.29, 1.82) is 0 Å². The summed E-state index contributed by atoms with van der Waals surface area (Å²) in [5.41, 5.74) is 1.33. The molecule has 0 bridgehead atoms. The zero-order chi connectivity index (χ0) is 23.5. The molecule has 34 heavy (non-hydrogen) atoms. The Kier molecular flexibility index (Phi) is 6.94. The molecule has 0 aliphatic carbocycles. The number of aromatic nitrogens is 1. The summed E-state index contributed by atoms with van der Waals surface area (Å²) in [6, 6.07) is 6.09. The average molecular weight is 488 g/mol. The summed E-state index contributed by atoms with van der Waals surface area (Å²) in [5.74, 6) is -0.511. The van der Waals surface area contributed by atoms with Crippen molar-refractivity contribution >= 4 is 23.2 Å². The van der Waals surface area contributed by atoms with Crippen molar-refractivity contribution < 1.29 is 23.5 Å². The number of amides is 2. The molecule has 182 valence electrons. The minimum atomic E-state index is -0.510. The number of piperidine rings is 2. The van der Waals surface area contributed by atoms with Crippen LogP contribution in [-0.4, -0.2) is 71.8 Å². The lowest BCUT2D eigenvalue weighted by molar-refractivity contribution is -0.281. The minimum absolute atomic E-state index is 0.0277. The van der Waals surface area contributed by atoms with Crippen LogP contribution in [0.1, 0.15) is 59.1 Å². The highest BCUT2D eigenvalue weighted by atomic mass is 32.1. The van der Waals surface area contributed by atoms with Crippen LogP contribution >= 0.6 is 11.3 Å². The highest BCUT2D eigenvalue weighted by Crippen LogP contribution is 2.33. The number of carbonyl (C=O) groups excluding carboxylic acids is 2. The summed E-state index contributed by atoms with van der Waals surface area (Å²) in [7, 11) is 0. The molecule has 3 aliphatic heterocycles. The largest absolute Gasteiger partial charge is 0.350 e. The first-order valence-electron chi connectivity index (χ1n) is 12.1. The molecule has 4 heterocycles. The monoisotopic (exact) mass is 487 g/mol. The molecule has 0 atom stereocenters. The van der Waals surface area contributed by atoms with E-state index in [1.807, 2.05) is 15.2 Å². The molecular weight excluding hydrogens is 457 g/mol. The van der Waals surface area contributed by atoms with E-state index in [-0.39, 0.29) is 30.0 Å². The molecule has 0 radical (unpaired) electrons. The number of likely N-dealkylation sites (tertiary alicyclic amines) is 2. The first-order chi connectivity index (χ1) is 16.5. The SMILES string of the molecule is O=C(Cc1ccc(F)cc1)N1CCC(c2nc(C(=O)N3CCC4(CC3)OCCCO4)cs2)CC1. The minimum Gasteiger partial charge on any atom is -0.350 e. The molecule has 2 amide bonds. The van der Waals surface area contributed by atoms with Gasteiger partial charge in [0.2, 0.25) is 5.91 Å². The number of rotatable bonds is 4. The zero-order valence-corrected chi connectivity index (χ0v) is 20.0. The molecule has 1 spiro atoms. The van der Waals surface area contributed by atoms with Gasteiger partial charge in [-0.1, -0.05) is 12.1 Å². The third-order valence-corrected chi connectivity index (χ3v) is 8.05. The normalized spacial score (nSPS) is 21.1. The lowest BCUT2D eigenvalue weighted by Crippen LogP contribution is -2.51. The van der Waals surface area contributed by atoms with Crippen LogP contribution in [0.3, 0.4) is 0 Å². The van der Waals surface area contributed by atoms with Gasteiger partial charge in [-0.15, -0.1) is 11.3 Å². The van der Waals surface area contributed by atoms with Crippen LogP contribution in [0, 0.1) is 5.82 Å². The van der Waals surface area contributed by atoms with E-state index < -0.39 is 5.79 Å². The van der Waals surface area contributed by atoms with Gasteiger partial charge < -0.3 is 19.3 Å². The number of carbonyl (C=O) groups is 2. The third-order valence-electron chi connectivity index (χ3n) is 7.04. The summed E-state index contributed by atoms with van der Waals surface area (Å²) in [5, 5.41) is 2.84. The topological polar surface area (TPSA) is 72.0 Å². The Labute approximate surface area is 202 Å². The highest BCUT2D eigenvalue weighted by molar-refractivity contribution is 7.09. The predicted molar refractivity (Wildman–Crippen MR) is 125 cm³/mol. The van der Waals surface area contributed by atoms with E-state index in [9.17, 15) is 14.0 Å². The van der Waals surface area contributed by atoms with Crippen LogP contribution < -0.4 is 0 Å². The van der Waals surface area contributed by atoms with Gasteiger partial charge in [-0.2, -0.15) is 0 Å². The molecule has 2 aromatic rings. The van der Waals surface area contributed by atoms with Gasteiger partial charge in [0.1, 0.15) is 11.5 Å². The number of hydrogen-bond acceptors (Lipinski definition) is 6. The lowest BCUT2D eigenvalue weighted by Gasteiger charge is -2.43. The average Bonchev–Trinajstić information content (AvgIpc) is 3.36. The van der Waals surface area contributed by atoms with Gasteiger partial charge in [0.15, 0.2) is 5.79 Å². The molecule has 0 unspecified atom stereocenters. The van der Waals surface area contributed by atoms with E-state index >= 15 is 0 Å². The van der Waals surface area contributed by atoms with Crippen LogP contribution in [0.2, 0.25) is 0 Å². The maximum atomic E-state index is 13.1. The van der Waals surface area contributed by atoms with Crippen molar-refractivity contribution in [3.8, 4) is 0 Å². The first-order valence-corrected chi connectivity index (χ1v) is 12.9. The van der Waals surface area contributed by atoms with Crippen LogP contribution in [0.25, 0.3) is 0 Å². The van der Waals surface area contributed by atoms with Crippen LogP contribution in [-0.2, 0) is 20.7 Å². The molecule has 0 N–H and O–H groups in total. The molecule has 5 rings (SSSR count). The first kappa shape index (κ1) is 23.4. The van der Waals surface area contributed by atoms with E-state index in [1.165, 1.54) is 23.5 Å².